The van der Waals surface area contributed by atoms with Gasteiger partial charge in [-0.05, 0) is 37.5 Å². The lowest BCUT2D eigenvalue weighted by molar-refractivity contribution is -0.183. The summed E-state index contributed by atoms with van der Waals surface area (Å²) in [5.41, 5.74) is -0.134. The normalized spacial score (nSPS) is 21.6. The molecule has 10 heteroatoms. The summed E-state index contributed by atoms with van der Waals surface area (Å²) >= 11 is 0. The molecule has 1 saturated carbocycles. The lowest BCUT2D eigenvalue weighted by Crippen LogP contribution is -2.41. The van der Waals surface area contributed by atoms with Crippen LogP contribution in [-0.2, 0) is 10.0 Å². The van der Waals surface area contributed by atoms with Crippen molar-refractivity contribution in [3.05, 3.63) is 23.8 Å². The van der Waals surface area contributed by atoms with Crippen molar-refractivity contribution in [3.63, 3.8) is 0 Å². The molecular weight excluding hydrogens is 361 g/mol. The molecule has 0 heterocycles. The second-order valence-electron chi connectivity index (χ2n) is 6.18. The number of hydrogen-bond acceptors (Lipinski definition) is 4. The number of anilines is 1. The Morgan fingerprint density at radius 3 is 2.56 bits per heavy atom. The van der Waals surface area contributed by atoms with Gasteiger partial charge in [0.25, 0.3) is 5.91 Å². The van der Waals surface area contributed by atoms with E-state index in [2.05, 4.69) is 10.0 Å². The molecule has 2 rings (SSSR count). The van der Waals surface area contributed by atoms with Gasteiger partial charge in [0.05, 0.1) is 17.7 Å². The van der Waals surface area contributed by atoms with Crippen molar-refractivity contribution in [1.29, 1.82) is 0 Å². The first-order valence-electron chi connectivity index (χ1n) is 7.64. The first kappa shape index (κ1) is 19.4. The lowest BCUT2D eigenvalue weighted by atomic mass is 9.85. The molecule has 25 heavy (non-hydrogen) atoms. The first-order chi connectivity index (χ1) is 11.5. The van der Waals surface area contributed by atoms with Crippen LogP contribution >= 0.6 is 0 Å². The van der Waals surface area contributed by atoms with Crippen molar-refractivity contribution >= 4 is 21.6 Å². The Morgan fingerprint density at radius 1 is 1.28 bits per heavy atom. The second kappa shape index (κ2) is 7.11. The smallest absolute Gasteiger partial charge is 0.391 e. The monoisotopic (exact) mass is 380 g/mol. The third-order valence-electron chi connectivity index (χ3n) is 4.02. The third-order valence-corrected chi connectivity index (χ3v) is 4.62. The number of carbonyl (C=O) groups is 1. The number of carbonyl (C=O) groups excluding carboxylic acids is 1. The molecule has 0 radical (unpaired) electrons. The summed E-state index contributed by atoms with van der Waals surface area (Å²) in [5.74, 6) is -2.60. The summed E-state index contributed by atoms with van der Waals surface area (Å²) in [6, 6.07) is 2.89. The van der Waals surface area contributed by atoms with Crippen molar-refractivity contribution in [2.75, 3.05) is 11.0 Å². The number of phenolic OH excluding ortho intramolecular Hbond substituents is 1. The van der Waals surface area contributed by atoms with Gasteiger partial charge in [0.2, 0.25) is 10.0 Å². The third kappa shape index (κ3) is 5.52. The SMILES string of the molecule is CS(=O)(=O)Nc1ccc(O)c(C(=O)N[C@@H]2CCC[C@@H](C(F)(F)F)C2)c1. The number of rotatable bonds is 4. The molecule has 0 spiro atoms. The van der Waals surface area contributed by atoms with Gasteiger partial charge >= 0.3 is 6.18 Å². The van der Waals surface area contributed by atoms with Crippen molar-refractivity contribution < 1.29 is 31.5 Å². The molecule has 140 valence electrons. The molecule has 2 atom stereocenters. The van der Waals surface area contributed by atoms with Crippen LogP contribution in [-0.4, -0.2) is 37.9 Å². The summed E-state index contributed by atoms with van der Waals surface area (Å²) < 4.78 is 63.1. The number of benzene rings is 1. The Morgan fingerprint density at radius 2 is 1.96 bits per heavy atom. The van der Waals surface area contributed by atoms with Crippen LogP contribution < -0.4 is 10.0 Å². The van der Waals surface area contributed by atoms with Gasteiger partial charge in [-0.1, -0.05) is 6.42 Å². The Balaban J connectivity index is 2.11. The molecule has 0 unspecified atom stereocenters. The van der Waals surface area contributed by atoms with E-state index in [-0.39, 0.29) is 29.8 Å². The van der Waals surface area contributed by atoms with Crippen molar-refractivity contribution in [3.8, 4) is 5.75 Å². The number of phenols is 1. The quantitative estimate of drug-likeness (QED) is 0.700. The van der Waals surface area contributed by atoms with Gasteiger partial charge in [-0.2, -0.15) is 13.2 Å². The zero-order valence-electron chi connectivity index (χ0n) is 13.4. The van der Waals surface area contributed by atoms with E-state index in [1.807, 2.05) is 0 Å². The summed E-state index contributed by atoms with van der Waals surface area (Å²) in [4.78, 5) is 12.3. The van der Waals surface area contributed by atoms with Crippen LogP contribution in [0.4, 0.5) is 18.9 Å². The van der Waals surface area contributed by atoms with E-state index < -0.39 is 34.1 Å². The summed E-state index contributed by atoms with van der Waals surface area (Å²) in [6.45, 7) is 0. The fourth-order valence-corrected chi connectivity index (χ4v) is 3.43. The molecule has 3 N–H and O–H groups in total. The minimum absolute atomic E-state index is 0.0366. The van der Waals surface area contributed by atoms with E-state index in [1.54, 1.807) is 0 Å². The van der Waals surface area contributed by atoms with Gasteiger partial charge in [-0.3, -0.25) is 9.52 Å². The molecule has 1 aliphatic carbocycles. The molecule has 1 aromatic rings. The highest BCUT2D eigenvalue weighted by Gasteiger charge is 2.42. The zero-order chi connectivity index (χ0) is 18.8. The maximum Gasteiger partial charge on any atom is 0.391 e. The van der Waals surface area contributed by atoms with Gasteiger partial charge in [-0.15, -0.1) is 0 Å². The van der Waals surface area contributed by atoms with Crippen LogP contribution in [0.25, 0.3) is 0 Å². The van der Waals surface area contributed by atoms with E-state index in [1.165, 1.54) is 6.07 Å². The Hall–Kier alpha value is -1.97. The van der Waals surface area contributed by atoms with E-state index in [9.17, 15) is 31.5 Å². The average molecular weight is 380 g/mol. The number of hydrogen-bond donors (Lipinski definition) is 3. The highest BCUT2D eigenvalue weighted by Crippen LogP contribution is 2.37. The summed E-state index contributed by atoms with van der Waals surface area (Å²) in [7, 11) is -3.57. The van der Waals surface area contributed by atoms with Crippen LogP contribution in [0.5, 0.6) is 5.75 Å². The number of halogens is 3. The zero-order valence-corrected chi connectivity index (χ0v) is 14.2. The van der Waals surface area contributed by atoms with E-state index in [0.717, 1.165) is 18.4 Å². The second-order valence-corrected chi connectivity index (χ2v) is 7.93. The fourth-order valence-electron chi connectivity index (χ4n) is 2.88. The molecule has 1 aromatic carbocycles. The highest BCUT2D eigenvalue weighted by atomic mass is 32.2. The van der Waals surface area contributed by atoms with Gasteiger partial charge in [0.1, 0.15) is 5.75 Å². The topological polar surface area (TPSA) is 95.5 Å². The maximum absolute atomic E-state index is 12.8. The standard InChI is InChI=1S/C15H19F3N2O4S/c1-25(23,24)20-11-5-6-13(21)12(8-11)14(22)19-10-4-2-3-9(7-10)15(16,17)18/h5-6,8-10,20-21H,2-4,7H2,1H3,(H,19,22)/t9-,10-/m1/s1. The van der Waals surface area contributed by atoms with Crippen LogP contribution in [0.1, 0.15) is 36.0 Å². The molecule has 6 nitrogen and oxygen atoms in total. The first-order valence-corrected chi connectivity index (χ1v) is 9.53. The van der Waals surface area contributed by atoms with E-state index in [4.69, 9.17) is 0 Å². The largest absolute Gasteiger partial charge is 0.507 e. The average Bonchev–Trinajstić information content (AvgIpc) is 2.47. The molecule has 1 amide bonds. The van der Waals surface area contributed by atoms with Crippen LogP contribution in [0, 0.1) is 5.92 Å². The van der Waals surface area contributed by atoms with Crippen molar-refractivity contribution in [2.45, 2.75) is 37.9 Å². The van der Waals surface area contributed by atoms with Crippen molar-refractivity contribution in [2.24, 2.45) is 5.92 Å². The summed E-state index contributed by atoms with van der Waals surface area (Å²) in [6.07, 6.45) is -2.78. The van der Waals surface area contributed by atoms with Gasteiger partial charge in [-0.25, -0.2) is 8.42 Å². The molecule has 0 bridgehead atoms. The maximum atomic E-state index is 12.8. The van der Waals surface area contributed by atoms with Crippen LogP contribution in [0.3, 0.4) is 0 Å². The Labute approximate surface area is 143 Å². The molecule has 0 aromatic heterocycles. The molecule has 0 saturated heterocycles. The minimum Gasteiger partial charge on any atom is -0.507 e. The van der Waals surface area contributed by atoms with Gasteiger partial charge in [0.15, 0.2) is 0 Å². The fraction of sp³-hybridized carbons (Fsp3) is 0.533. The molecule has 1 fully saturated rings. The lowest BCUT2D eigenvalue weighted by Gasteiger charge is -2.31. The number of aromatic hydroxyl groups is 1. The van der Waals surface area contributed by atoms with Gasteiger partial charge < -0.3 is 10.4 Å². The summed E-state index contributed by atoms with van der Waals surface area (Å²) in [5, 5.41) is 12.3. The number of sulfonamides is 1. The number of alkyl halides is 3. The number of nitrogens with one attached hydrogen (secondary N) is 2. The number of amides is 1. The highest BCUT2D eigenvalue weighted by molar-refractivity contribution is 7.92. The van der Waals surface area contributed by atoms with Crippen LogP contribution in [0.2, 0.25) is 0 Å². The molecule has 1 aliphatic rings. The van der Waals surface area contributed by atoms with Crippen LogP contribution in [0.15, 0.2) is 18.2 Å². The molecule has 0 aliphatic heterocycles. The minimum atomic E-state index is -4.30. The Bertz CT molecular complexity index is 750. The predicted molar refractivity (Wildman–Crippen MR) is 85.8 cm³/mol. The van der Waals surface area contributed by atoms with E-state index in [0.29, 0.717) is 12.8 Å². The van der Waals surface area contributed by atoms with Crippen molar-refractivity contribution in [1.82, 2.24) is 5.32 Å². The predicted octanol–water partition coefficient (Wildman–Crippen LogP) is 2.61. The molecular formula is C15H19F3N2O4S. The Kier molecular flexibility index (Phi) is 5.50. The van der Waals surface area contributed by atoms with Gasteiger partial charge in [0, 0.05) is 11.7 Å². The van der Waals surface area contributed by atoms with E-state index >= 15 is 0 Å².